The Morgan fingerprint density at radius 1 is 1.36 bits per heavy atom. The molecule has 1 aliphatic heterocycles. The van der Waals surface area contributed by atoms with E-state index in [2.05, 4.69) is 17.2 Å². The van der Waals surface area contributed by atoms with Gasteiger partial charge in [0.25, 0.3) is 5.91 Å². The van der Waals surface area contributed by atoms with Crippen molar-refractivity contribution in [1.29, 1.82) is 0 Å². The molecule has 1 saturated heterocycles. The Morgan fingerprint density at radius 3 is 2.86 bits per heavy atom. The first-order chi connectivity index (χ1) is 10.6. The first-order valence-corrected chi connectivity index (χ1v) is 7.71. The third-order valence-corrected chi connectivity index (χ3v) is 4.30. The average Bonchev–Trinajstić information content (AvgIpc) is 2.83. The number of carbonyl (C=O) groups excluding carboxylic acids is 1. The second kappa shape index (κ2) is 5.93. The molecule has 1 atom stereocenters. The van der Waals surface area contributed by atoms with E-state index in [4.69, 9.17) is 0 Å². The quantitative estimate of drug-likeness (QED) is 0.921. The highest BCUT2D eigenvalue weighted by Crippen LogP contribution is 2.22. The maximum absolute atomic E-state index is 12.9. The molecule has 3 heterocycles. The van der Waals surface area contributed by atoms with Crippen molar-refractivity contribution in [3.63, 3.8) is 0 Å². The van der Waals surface area contributed by atoms with E-state index in [1.165, 1.54) is 0 Å². The Hall–Kier alpha value is -2.14. The summed E-state index contributed by atoms with van der Waals surface area (Å²) in [7, 11) is 0. The first-order valence-electron chi connectivity index (χ1n) is 7.71. The van der Waals surface area contributed by atoms with Crippen molar-refractivity contribution in [3.05, 3.63) is 47.4 Å². The van der Waals surface area contributed by atoms with Crippen molar-refractivity contribution in [2.75, 3.05) is 19.6 Å². The lowest BCUT2D eigenvalue weighted by Crippen LogP contribution is -2.52. The van der Waals surface area contributed by atoms with Crippen molar-refractivity contribution in [1.82, 2.24) is 19.8 Å². The molecule has 1 fully saturated rings. The van der Waals surface area contributed by atoms with Crippen LogP contribution in [0.1, 0.15) is 28.7 Å². The molecule has 0 spiro atoms. The number of rotatable bonds is 2. The molecule has 0 radical (unpaired) electrons. The lowest BCUT2D eigenvalue weighted by molar-refractivity contribution is 0.0655. The Bertz CT molecular complexity index is 677. The predicted molar refractivity (Wildman–Crippen MR) is 86.4 cm³/mol. The van der Waals surface area contributed by atoms with E-state index >= 15 is 0 Å². The molecule has 0 bridgehead atoms. The number of aryl methyl sites for hydroxylation is 1. The summed E-state index contributed by atoms with van der Waals surface area (Å²) in [6, 6.07) is 8.01. The van der Waals surface area contributed by atoms with Crippen LogP contribution >= 0.6 is 0 Å². The van der Waals surface area contributed by atoms with Gasteiger partial charge in [0.05, 0.1) is 5.56 Å². The zero-order chi connectivity index (χ0) is 15.7. The molecule has 2 aromatic rings. The highest BCUT2D eigenvalue weighted by molar-refractivity contribution is 5.96. The minimum absolute atomic E-state index is 0.115. The van der Waals surface area contributed by atoms with E-state index < -0.39 is 0 Å². The summed E-state index contributed by atoms with van der Waals surface area (Å²) in [5.41, 5.74) is 2.76. The molecule has 0 aliphatic carbocycles. The van der Waals surface area contributed by atoms with Crippen LogP contribution in [0, 0.1) is 13.8 Å². The third-order valence-electron chi connectivity index (χ3n) is 4.30. The molecule has 3 rings (SSSR count). The van der Waals surface area contributed by atoms with Crippen LogP contribution < -0.4 is 5.32 Å². The van der Waals surface area contributed by atoms with Crippen LogP contribution in [0.25, 0.3) is 5.82 Å². The molecular weight excluding hydrogens is 276 g/mol. The van der Waals surface area contributed by atoms with Crippen LogP contribution in [0.3, 0.4) is 0 Å². The van der Waals surface area contributed by atoms with Crippen molar-refractivity contribution in [3.8, 4) is 5.82 Å². The number of hydrogen-bond donors (Lipinski definition) is 1. The standard InChI is InChI=1S/C17H22N4O/c1-12-10-15(17(22)20-9-8-18-11-13(20)2)14(3)21(12)16-6-4-5-7-19-16/h4-7,10,13,18H,8-9,11H2,1-3H3. The number of carbonyl (C=O) groups is 1. The average molecular weight is 298 g/mol. The summed E-state index contributed by atoms with van der Waals surface area (Å²) < 4.78 is 2.04. The number of pyridine rings is 1. The second-order valence-electron chi connectivity index (χ2n) is 5.86. The summed E-state index contributed by atoms with van der Waals surface area (Å²) in [5.74, 6) is 0.967. The summed E-state index contributed by atoms with van der Waals surface area (Å²) in [6.07, 6.45) is 1.77. The zero-order valence-electron chi connectivity index (χ0n) is 13.3. The number of nitrogens with zero attached hydrogens (tertiary/aromatic N) is 3. The van der Waals surface area contributed by atoms with Gasteiger partial charge in [0.15, 0.2) is 0 Å². The molecule has 5 nitrogen and oxygen atoms in total. The number of nitrogens with one attached hydrogen (secondary N) is 1. The van der Waals surface area contributed by atoms with Crippen LogP contribution in [-0.2, 0) is 0 Å². The van der Waals surface area contributed by atoms with Crippen LogP contribution in [-0.4, -0.2) is 46.0 Å². The molecule has 22 heavy (non-hydrogen) atoms. The molecule has 0 saturated carbocycles. The summed E-state index contributed by atoms with van der Waals surface area (Å²) in [4.78, 5) is 19.3. The van der Waals surface area contributed by atoms with Gasteiger partial charge >= 0.3 is 0 Å². The van der Waals surface area contributed by atoms with Crippen LogP contribution in [0.4, 0.5) is 0 Å². The third kappa shape index (κ3) is 2.52. The van der Waals surface area contributed by atoms with E-state index in [-0.39, 0.29) is 11.9 Å². The van der Waals surface area contributed by atoms with Gasteiger partial charge in [-0.2, -0.15) is 0 Å². The van der Waals surface area contributed by atoms with Gasteiger partial charge in [0.1, 0.15) is 5.82 Å². The lowest BCUT2D eigenvalue weighted by atomic mass is 10.1. The topological polar surface area (TPSA) is 50.2 Å². The van der Waals surface area contributed by atoms with E-state index in [9.17, 15) is 4.79 Å². The number of hydrogen-bond acceptors (Lipinski definition) is 3. The normalized spacial score (nSPS) is 18.5. The molecular formula is C17H22N4O. The summed E-state index contributed by atoms with van der Waals surface area (Å²) in [6.45, 7) is 8.55. The van der Waals surface area contributed by atoms with Crippen molar-refractivity contribution >= 4 is 5.91 Å². The minimum atomic E-state index is 0.115. The minimum Gasteiger partial charge on any atom is -0.333 e. The molecule has 0 aromatic carbocycles. The fourth-order valence-electron chi connectivity index (χ4n) is 3.12. The SMILES string of the molecule is Cc1cc(C(=O)N2CCNCC2C)c(C)n1-c1ccccn1. The summed E-state index contributed by atoms with van der Waals surface area (Å²) >= 11 is 0. The lowest BCUT2D eigenvalue weighted by Gasteiger charge is -2.34. The number of piperazine rings is 1. The van der Waals surface area contributed by atoms with Gasteiger partial charge in [-0.15, -0.1) is 0 Å². The Kier molecular flexibility index (Phi) is 3.98. The number of amides is 1. The molecule has 2 aromatic heterocycles. The van der Waals surface area contributed by atoms with Gasteiger partial charge in [-0.25, -0.2) is 4.98 Å². The van der Waals surface area contributed by atoms with E-state index in [0.29, 0.717) is 0 Å². The monoisotopic (exact) mass is 298 g/mol. The summed E-state index contributed by atoms with van der Waals surface area (Å²) in [5, 5.41) is 3.32. The Labute approximate surface area is 131 Å². The molecule has 1 unspecified atom stereocenters. The van der Waals surface area contributed by atoms with Gasteiger partial charge in [0.2, 0.25) is 0 Å². The van der Waals surface area contributed by atoms with Crippen LogP contribution in [0.2, 0.25) is 0 Å². The van der Waals surface area contributed by atoms with Crippen molar-refractivity contribution in [2.45, 2.75) is 26.8 Å². The van der Waals surface area contributed by atoms with Crippen molar-refractivity contribution in [2.24, 2.45) is 0 Å². The first kappa shape index (κ1) is 14.8. The smallest absolute Gasteiger partial charge is 0.256 e. The van der Waals surface area contributed by atoms with Gasteiger partial charge < -0.3 is 14.8 Å². The highest BCUT2D eigenvalue weighted by Gasteiger charge is 2.27. The van der Waals surface area contributed by atoms with Crippen LogP contribution in [0.5, 0.6) is 0 Å². The molecule has 1 N–H and O–H groups in total. The second-order valence-corrected chi connectivity index (χ2v) is 5.86. The van der Waals surface area contributed by atoms with Gasteiger partial charge in [-0.3, -0.25) is 4.79 Å². The van der Waals surface area contributed by atoms with E-state index in [1.54, 1.807) is 6.20 Å². The zero-order valence-corrected chi connectivity index (χ0v) is 13.3. The van der Waals surface area contributed by atoms with Gasteiger partial charge in [-0.05, 0) is 39.0 Å². The molecule has 5 heteroatoms. The maximum atomic E-state index is 12.9. The van der Waals surface area contributed by atoms with E-state index in [1.807, 2.05) is 47.6 Å². The molecule has 1 aliphatic rings. The van der Waals surface area contributed by atoms with Gasteiger partial charge in [-0.1, -0.05) is 6.07 Å². The van der Waals surface area contributed by atoms with Crippen LogP contribution in [0.15, 0.2) is 30.5 Å². The highest BCUT2D eigenvalue weighted by atomic mass is 16.2. The fourth-order valence-corrected chi connectivity index (χ4v) is 3.12. The van der Waals surface area contributed by atoms with Crippen molar-refractivity contribution < 1.29 is 4.79 Å². The fraction of sp³-hybridized carbons (Fsp3) is 0.412. The number of aromatic nitrogens is 2. The predicted octanol–water partition coefficient (Wildman–Crippen LogP) is 1.92. The molecule has 1 amide bonds. The molecule has 116 valence electrons. The Morgan fingerprint density at radius 2 is 2.18 bits per heavy atom. The largest absolute Gasteiger partial charge is 0.333 e. The van der Waals surface area contributed by atoms with E-state index in [0.717, 1.165) is 42.4 Å². The maximum Gasteiger partial charge on any atom is 0.256 e. The Balaban J connectivity index is 1.97. The van der Waals surface area contributed by atoms with Gasteiger partial charge in [0, 0.05) is 43.3 Å².